The van der Waals surface area contributed by atoms with Gasteiger partial charge in [0.25, 0.3) is 0 Å². The molecule has 0 aliphatic carbocycles. The van der Waals surface area contributed by atoms with Gasteiger partial charge >= 0.3 is 7.63 Å². The van der Waals surface area contributed by atoms with Crippen LogP contribution in [0, 0.1) is 0 Å². The summed E-state index contributed by atoms with van der Waals surface area (Å²) in [5.74, 6) is 0. The molecule has 0 saturated heterocycles. The molecule has 0 heterocycles. The minimum Gasteiger partial charge on any atom is -0.277 e. The number of hydrogen-bond acceptors (Lipinski definition) is 0. The molecule has 0 aromatic heterocycles. The Hall–Kier alpha value is 0.467. The second-order valence-corrected chi connectivity index (χ2v) is 6.82. The molecule has 0 saturated carbocycles. The van der Waals surface area contributed by atoms with Crippen molar-refractivity contribution >= 4 is 18.7 Å². The molecule has 0 aromatic carbocycles. The van der Waals surface area contributed by atoms with Crippen LogP contribution in [0.2, 0.25) is 13.1 Å². The third-order valence-electron chi connectivity index (χ3n) is 0. The van der Waals surface area contributed by atoms with Crippen molar-refractivity contribution in [2.75, 3.05) is 0 Å². The van der Waals surface area contributed by atoms with Crippen LogP contribution in [-0.4, -0.2) is 7.63 Å². The van der Waals surface area contributed by atoms with E-state index >= 15 is 0 Å². The average Bonchev–Trinajstić information content (AvgIpc) is 0.722. The van der Waals surface area contributed by atoms with E-state index in [0.717, 1.165) is 0 Å². The lowest BCUT2D eigenvalue weighted by Crippen LogP contribution is -2.10. The minimum absolute atomic E-state index is 1.54. The highest BCUT2D eigenvalue weighted by atomic mass is 35.6. The summed E-state index contributed by atoms with van der Waals surface area (Å²) < 4.78 is 0. The maximum atomic E-state index is 10.0. The van der Waals surface area contributed by atoms with Gasteiger partial charge in [-0.15, -0.1) is 11.1 Å². The third kappa shape index (κ3) is 125. The van der Waals surface area contributed by atoms with E-state index < -0.39 is 7.63 Å². The Morgan fingerprint density at radius 2 is 1.60 bits per heavy atom. The highest BCUT2D eigenvalue weighted by Crippen LogP contribution is 1.99. The zero-order valence-electron chi connectivity index (χ0n) is 3.29. The molecule has 1 radical (unpaired) electrons. The van der Waals surface area contributed by atoms with E-state index in [9.17, 15) is 4.80 Å². The van der Waals surface area contributed by atoms with Gasteiger partial charge in [0.05, 0.1) is 0 Å². The highest BCUT2D eigenvalue weighted by molar-refractivity contribution is 7.14. The maximum absolute atomic E-state index is 10.0. The summed E-state index contributed by atoms with van der Waals surface area (Å²) in [6.07, 6.45) is 0. The van der Waals surface area contributed by atoms with Gasteiger partial charge in [0.2, 0.25) is 0 Å². The molecule has 0 aromatic rings. The first-order chi connectivity index (χ1) is 2.00. The van der Waals surface area contributed by atoms with Crippen molar-refractivity contribution in [1.29, 1.82) is 0 Å². The van der Waals surface area contributed by atoms with Crippen molar-refractivity contribution in [1.82, 2.24) is 0 Å². The lowest BCUT2D eigenvalue weighted by atomic mass is 11.9. The van der Waals surface area contributed by atoms with Crippen molar-refractivity contribution in [2.24, 2.45) is 0 Å². The molecule has 0 rings (SSSR count). The molecule has 0 spiro atoms. The molecule has 0 N–H and O–H groups in total. The summed E-state index contributed by atoms with van der Waals surface area (Å²) >= 11 is 5.11. The summed E-state index contributed by atoms with van der Waals surface area (Å²) in [5, 5.41) is 0. The van der Waals surface area contributed by atoms with Crippen LogP contribution in [0.3, 0.4) is 0 Å². The van der Waals surface area contributed by atoms with Crippen LogP contribution in [0.5, 0.6) is 0 Å². The Morgan fingerprint density at radius 3 is 1.60 bits per heavy atom. The molecule has 3 heteroatoms. The van der Waals surface area contributed by atoms with Crippen molar-refractivity contribution in [3.8, 4) is 0 Å². The fraction of sp³-hybridized carbons (Fsp3) is 1.00. The SMILES string of the molecule is C[Si](C)([O])Cl. The van der Waals surface area contributed by atoms with Gasteiger partial charge in [-0.1, -0.05) is 0 Å². The molecule has 0 bridgehead atoms. The quantitative estimate of drug-likeness (QED) is 0.331. The number of hydrogen-bond donors (Lipinski definition) is 0. The maximum Gasteiger partial charge on any atom is 0.323 e. The molecular formula is C2H6ClOSi. The molecule has 0 aliphatic rings. The van der Waals surface area contributed by atoms with Crippen LogP contribution in [0.4, 0.5) is 0 Å². The Balaban J connectivity index is 3.02. The van der Waals surface area contributed by atoms with Gasteiger partial charge < -0.3 is 0 Å². The zero-order chi connectivity index (χ0) is 4.50. The molecular weight excluding hydrogens is 104 g/mol. The van der Waals surface area contributed by atoms with Gasteiger partial charge in [0, 0.05) is 0 Å². The molecule has 1 nitrogen and oxygen atoms in total. The standard InChI is InChI=1S/C2H6ClOSi/c1-5(2,3)4/h1-2H3. The van der Waals surface area contributed by atoms with Crippen LogP contribution in [0.1, 0.15) is 0 Å². The van der Waals surface area contributed by atoms with Crippen molar-refractivity contribution in [2.45, 2.75) is 13.1 Å². The summed E-state index contributed by atoms with van der Waals surface area (Å²) in [7, 11) is -2.39. The van der Waals surface area contributed by atoms with Crippen molar-refractivity contribution in [3.05, 3.63) is 0 Å². The first kappa shape index (κ1) is 5.47. The monoisotopic (exact) mass is 109 g/mol. The fourth-order valence-corrected chi connectivity index (χ4v) is 0. The van der Waals surface area contributed by atoms with E-state index in [1.54, 1.807) is 0 Å². The molecule has 0 amide bonds. The lowest BCUT2D eigenvalue weighted by molar-refractivity contribution is 0.450. The van der Waals surface area contributed by atoms with E-state index in [1.165, 1.54) is 13.1 Å². The van der Waals surface area contributed by atoms with E-state index in [1.807, 2.05) is 0 Å². The molecule has 0 fully saturated rings. The van der Waals surface area contributed by atoms with E-state index in [0.29, 0.717) is 0 Å². The number of rotatable bonds is 0. The topological polar surface area (TPSA) is 19.9 Å². The van der Waals surface area contributed by atoms with Gasteiger partial charge in [-0.05, 0) is 13.1 Å². The predicted octanol–water partition coefficient (Wildman–Crippen LogP) is 1.36. The van der Waals surface area contributed by atoms with Gasteiger partial charge in [-0.2, -0.15) is 0 Å². The molecule has 0 unspecified atom stereocenters. The smallest absolute Gasteiger partial charge is 0.277 e. The summed E-state index contributed by atoms with van der Waals surface area (Å²) in [4.78, 5) is 10.0. The van der Waals surface area contributed by atoms with Crippen molar-refractivity contribution < 1.29 is 4.80 Å². The molecule has 5 heavy (non-hydrogen) atoms. The Bertz CT molecular complexity index is 25.1. The highest BCUT2D eigenvalue weighted by Gasteiger charge is 2.12. The largest absolute Gasteiger partial charge is 0.323 e. The molecule has 0 aliphatic heterocycles. The van der Waals surface area contributed by atoms with Gasteiger partial charge in [-0.25, -0.2) is 0 Å². The van der Waals surface area contributed by atoms with Crippen LogP contribution in [-0.2, 0) is 4.80 Å². The summed E-state index contributed by atoms with van der Waals surface area (Å²) in [6, 6.07) is 0. The number of halogens is 1. The first-order valence-corrected chi connectivity index (χ1v) is 5.31. The van der Waals surface area contributed by atoms with Crippen LogP contribution >= 0.6 is 11.1 Å². The zero-order valence-corrected chi connectivity index (χ0v) is 5.04. The fourth-order valence-electron chi connectivity index (χ4n) is 0. The second-order valence-electron chi connectivity index (χ2n) is 1.36. The minimum atomic E-state index is -2.39. The van der Waals surface area contributed by atoms with E-state index in [-0.39, 0.29) is 0 Å². The van der Waals surface area contributed by atoms with Crippen LogP contribution in [0.15, 0.2) is 0 Å². The average molecular weight is 110 g/mol. The normalized spacial score (nSPS) is 12.0. The van der Waals surface area contributed by atoms with Crippen molar-refractivity contribution in [3.63, 3.8) is 0 Å². The first-order valence-electron chi connectivity index (χ1n) is 1.39. The Labute approximate surface area is 37.4 Å². The Morgan fingerprint density at radius 1 is 1.60 bits per heavy atom. The Kier molecular flexibility index (Phi) is 1.40. The van der Waals surface area contributed by atoms with E-state index in [4.69, 9.17) is 11.1 Å². The molecule has 31 valence electrons. The molecule has 0 atom stereocenters. The third-order valence-corrected chi connectivity index (χ3v) is 0. The lowest BCUT2D eigenvalue weighted by Gasteiger charge is -1.91. The van der Waals surface area contributed by atoms with Gasteiger partial charge in [-0.3, -0.25) is 4.80 Å². The summed E-state index contributed by atoms with van der Waals surface area (Å²) in [5.41, 5.74) is 0. The van der Waals surface area contributed by atoms with E-state index in [2.05, 4.69) is 0 Å². The summed E-state index contributed by atoms with van der Waals surface area (Å²) in [6.45, 7) is 3.07. The van der Waals surface area contributed by atoms with Crippen LogP contribution in [0.25, 0.3) is 0 Å². The van der Waals surface area contributed by atoms with Gasteiger partial charge in [0.15, 0.2) is 0 Å². The van der Waals surface area contributed by atoms with Crippen LogP contribution < -0.4 is 0 Å². The second kappa shape index (κ2) is 1.28. The predicted molar refractivity (Wildman–Crippen MR) is 24.0 cm³/mol. The van der Waals surface area contributed by atoms with Gasteiger partial charge in [0.1, 0.15) is 0 Å².